The Hall–Kier alpha value is -2.99. The number of amides is 1. The lowest BCUT2D eigenvalue weighted by atomic mass is 9.83. The molecule has 0 saturated carbocycles. The summed E-state index contributed by atoms with van der Waals surface area (Å²) in [4.78, 5) is 27.2. The number of hydrogen-bond donors (Lipinski definition) is 1. The van der Waals surface area contributed by atoms with Crippen LogP contribution in [0.2, 0.25) is 0 Å². The Labute approximate surface area is 223 Å². The van der Waals surface area contributed by atoms with Crippen molar-refractivity contribution in [3.8, 4) is 5.75 Å². The number of benzene rings is 1. The molecule has 0 aliphatic carbocycles. The molecule has 3 aromatic rings. The first-order valence-electron chi connectivity index (χ1n) is 12.1. The number of rotatable bonds is 7. The summed E-state index contributed by atoms with van der Waals surface area (Å²) in [6, 6.07) is 11.6. The Bertz CT molecular complexity index is 1360. The summed E-state index contributed by atoms with van der Waals surface area (Å²) in [5, 5.41) is 8.32. The molecule has 0 spiro atoms. The normalized spacial score (nSPS) is 19.3. The molecule has 10 heteroatoms. The second-order valence-electron chi connectivity index (χ2n) is 9.39. The van der Waals surface area contributed by atoms with Gasteiger partial charge in [-0.3, -0.25) is 19.2 Å². The molecule has 1 saturated heterocycles. The molecule has 2 bridgehead atoms. The molecule has 5 rings (SSSR count). The van der Waals surface area contributed by atoms with Gasteiger partial charge in [-0.25, -0.2) is 5.43 Å². The minimum atomic E-state index is -0.346. The third kappa shape index (κ3) is 5.24. The smallest absolute Gasteiger partial charge is 0.292 e. The van der Waals surface area contributed by atoms with Crippen LogP contribution in [0.3, 0.4) is 0 Å². The molecular formula is C26H29IN6O3. The average molecular weight is 600 g/mol. The van der Waals surface area contributed by atoms with E-state index in [0.29, 0.717) is 24.1 Å². The van der Waals surface area contributed by atoms with Crippen LogP contribution >= 0.6 is 22.6 Å². The van der Waals surface area contributed by atoms with Gasteiger partial charge in [-0.1, -0.05) is 6.07 Å². The number of aryl methyl sites for hydroxylation is 1. The number of fused-ring (bicyclic) bond motifs is 4. The van der Waals surface area contributed by atoms with Gasteiger partial charge in [0.05, 0.1) is 16.4 Å². The highest BCUT2D eigenvalue weighted by Gasteiger charge is 2.34. The van der Waals surface area contributed by atoms with E-state index in [4.69, 9.17) is 4.74 Å². The number of hydrogen-bond acceptors (Lipinski definition) is 6. The molecule has 0 unspecified atom stereocenters. The molecule has 9 nitrogen and oxygen atoms in total. The minimum absolute atomic E-state index is 0.103. The van der Waals surface area contributed by atoms with Crippen LogP contribution in [0.5, 0.6) is 5.75 Å². The summed E-state index contributed by atoms with van der Waals surface area (Å²) in [5.74, 6) is 1.33. The number of ether oxygens (including phenoxy) is 1. The van der Waals surface area contributed by atoms with Gasteiger partial charge >= 0.3 is 0 Å². The first-order valence-corrected chi connectivity index (χ1v) is 13.2. The Morgan fingerprint density at radius 2 is 2.14 bits per heavy atom. The number of carbonyl (C=O) groups is 1. The van der Waals surface area contributed by atoms with E-state index in [1.807, 2.05) is 29.7 Å². The van der Waals surface area contributed by atoms with Crippen LogP contribution in [0.4, 0.5) is 0 Å². The van der Waals surface area contributed by atoms with Gasteiger partial charge in [0.25, 0.3) is 11.5 Å². The SMILES string of the molecule is CCOc1ccc(/C=N\NC(=O)c2nn(C)cc2I)cc1CN1C[C@H]2C[C@@H](C1)c1cccc(=O)n1C2. The number of pyridine rings is 1. The highest BCUT2D eigenvalue weighted by Crippen LogP contribution is 2.36. The van der Waals surface area contributed by atoms with Crippen molar-refractivity contribution in [2.24, 2.45) is 18.1 Å². The molecule has 36 heavy (non-hydrogen) atoms. The molecule has 1 aromatic carbocycles. The van der Waals surface area contributed by atoms with Gasteiger partial charge < -0.3 is 9.30 Å². The van der Waals surface area contributed by atoms with E-state index in [1.54, 1.807) is 30.2 Å². The summed E-state index contributed by atoms with van der Waals surface area (Å²) < 4.78 is 10.2. The van der Waals surface area contributed by atoms with Crippen molar-refractivity contribution >= 4 is 34.7 Å². The van der Waals surface area contributed by atoms with Gasteiger partial charge in [0.2, 0.25) is 0 Å². The van der Waals surface area contributed by atoms with Gasteiger partial charge in [-0.05, 0) is 71.7 Å². The zero-order chi connectivity index (χ0) is 25.2. The van der Waals surface area contributed by atoms with Crippen LogP contribution in [-0.4, -0.2) is 51.1 Å². The predicted octanol–water partition coefficient (Wildman–Crippen LogP) is 2.97. The van der Waals surface area contributed by atoms with Crippen molar-refractivity contribution in [1.29, 1.82) is 0 Å². The van der Waals surface area contributed by atoms with E-state index in [-0.39, 0.29) is 11.5 Å². The second kappa shape index (κ2) is 10.6. The van der Waals surface area contributed by atoms with Crippen molar-refractivity contribution in [1.82, 2.24) is 24.7 Å². The Balaban J connectivity index is 1.30. The first-order chi connectivity index (χ1) is 17.4. The van der Waals surface area contributed by atoms with Gasteiger partial charge in [0.1, 0.15) is 5.75 Å². The van der Waals surface area contributed by atoms with E-state index < -0.39 is 0 Å². The third-order valence-electron chi connectivity index (χ3n) is 6.71. The number of nitrogens with zero attached hydrogens (tertiary/aromatic N) is 5. The number of likely N-dealkylation sites (tertiary alicyclic amines) is 1. The number of nitrogens with one attached hydrogen (secondary N) is 1. The lowest BCUT2D eigenvalue weighted by Crippen LogP contribution is -2.46. The monoisotopic (exact) mass is 600 g/mol. The highest BCUT2D eigenvalue weighted by atomic mass is 127. The van der Waals surface area contributed by atoms with Crippen LogP contribution in [-0.2, 0) is 20.1 Å². The van der Waals surface area contributed by atoms with Crippen LogP contribution < -0.4 is 15.7 Å². The quantitative estimate of drug-likeness (QED) is 0.256. The third-order valence-corrected chi connectivity index (χ3v) is 7.50. The zero-order valence-electron chi connectivity index (χ0n) is 20.4. The number of piperidine rings is 1. The Kier molecular flexibility index (Phi) is 7.24. The topological polar surface area (TPSA) is 93.8 Å². The summed E-state index contributed by atoms with van der Waals surface area (Å²) in [6.45, 7) is 5.94. The first kappa shape index (κ1) is 24.7. The molecule has 4 heterocycles. The molecular weight excluding hydrogens is 571 g/mol. The van der Waals surface area contributed by atoms with Crippen molar-refractivity contribution in [2.75, 3.05) is 19.7 Å². The number of aromatic nitrogens is 3. The van der Waals surface area contributed by atoms with E-state index in [9.17, 15) is 9.59 Å². The van der Waals surface area contributed by atoms with Gasteiger partial charge in [0, 0.05) is 62.7 Å². The molecule has 2 atom stereocenters. The van der Waals surface area contributed by atoms with E-state index in [2.05, 4.69) is 55.2 Å². The molecule has 2 aliphatic rings. The molecule has 2 aromatic heterocycles. The summed E-state index contributed by atoms with van der Waals surface area (Å²) >= 11 is 2.08. The maximum atomic E-state index is 12.4. The summed E-state index contributed by atoms with van der Waals surface area (Å²) in [5.41, 5.74) is 6.12. The van der Waals surface area contributed by atoms with Crippen molar-refractivity contribution in [3.63, 3.8) is 0 Å². The zero-order valence-corrected chi connectivity index (χ0v) is 22.5. The molecule has 1 fully saturated rings. The maximum Gasteiger partial charge on any atom is 0.292 e. The van der Waals surface area contributed by atoms with Crippen LogP contribution in [0, 0.1) is 9.49 Å². The van der Waals surface area contributed by atoms with Crippen LogP contribution in [0.1, 0.15) is 46.6 Å². The van der Waals surface area contributed by atoms with Gasteiger partial charge in [0.15, 0.2) is 5.69 Å². The van der Waals surface area contributed by atoms with E-state index in [1.165, 1.54) is 0 Å². The van der Waals surface area contributed by atoms with Crippen LogP contribution in [0.25, 0.3) is 0 Å². The van der Waals surface area contributed by atoms with Crippen molar-refractivity contribution in [2.45, 2.75) is 32.4 Å². The van der Waals surface area contributed by atoms with Gasteiger partial charge in [-0.15, -0.1) is 0 Å². The maximum absolute atomic E-state index is 12.4. The lowest BCUT2D eigenvalue weighted by Gasteiger charge is -2.43. The van der Waals surface area contributed by atoms with Gasteiger partial charge in [-0.2, -0.15) is 10.2 Å². The number of halogens is 1. The summed E-state index contributed by atoms with van der Waals surface area (Å²) in [7, 11) is 1.78. The minimum Gasteiger partial charge on any atom is -0.494 e. The number of hydrazone groups is 1. The fourth-order valence-corrected chi connectivity index (χ4v) is 6.05. The standard InChI is InChI=1S/C26H29IN6O3/c1-3-36-23-8-7-17(11-28-29-26(35)25-21(27)16-31(2)30-25)9-20(23)15-32-12-18-10-19(14-32)22-5-4-6-24(34)33(22)13-18/h4-9,11,16,18-19H,3,10,12-15H2,1-2H3,(H,29,35)/b28-11-/t18-,19+/m1/s1. The highest BCUT2D eigenvalue weighted by molar-refractivity contribution is 14.1. The molecule has 188 valence electrons. The predicted molar refractivity (Wildman–Crippen MR) is 145 cm³/mol. The van der Waals surface area contributed by atoms with Crippen LogP contribution in [0.15, 0.2) is 52.5 Å². The Morgan fingerprint density at radius 3 is 2.92 bits per heavy atom. The average Bonchev–Trinajstić information content (AvgIpc) is 3.19. The summed E-state index contributed by atoms with van der Waals surface area (Å²) in [6.07, 6.45) is 4.55. The van der Waals surface area contributed by atoms with E-state index in [0.717, 1.165) is 58.7 Å². The second-order valence-corrected chi connectivity index (χ2v) is 10.6. The largest absolute Gasteiger partial charge is 0.494 e. The fraction of sp³-hybridized carbons (Fsp3) is 0.385. The van der Waals surface area contributed by atoms with E-state index >= 15 is 0 Å². The molecule has 0 radical (unpaired) electrons. The Morgan fingerprint density at radius 1 is 1.28 bits per heavy atom. The van der Waals surface area contributed by atoms with Crippen molar-refractivity contribution < 1.29 is 9.53 Å². The molecule has 2 aliphatic heterocycles. The lowest BCUT2D eigenvalue weighted by molar-refractivity contribution is 0.0948. The van der Waals surface area contributed by atoms with Crippen molar-refractivity contribution in [3.05, 3.63) is 79.0 Å². The molecule has 1 amide bonds. The fourth-order valence-electron chi connectivity index (χ4n) is 5.30. The number of carbonyl (C=O) groups excluding carboxylic acids is 1. The molecule has 1 N–H and O–H groups in total.